The Labute approximate surface area is 147 Å². The number of benzene rings is 1. The van der Waals surface area contributed by atoms with Crippen LogP contribution in [0.15, 0.2) is 23.2 Å². The number of hydrogen-bond donors (Lipinski definition) is 2. The number of rotatable bonds is 5. The predicted octanol–water partition coefficient (Wildman–Crippen LogP) is 2.28. The zero-order valence-electron chi connectivity index (χ0n) is 14.6. The number of nitrogens with zero attached hydrogens (tertiary/aromatic N) is 2. The molecule has 2 unspecified atom stereocenters. The fraction of sp³-hybridized carbons (Fsp3) is 0.611. The highest BCUT2D eigenvalue weighted by Crippen LogP contribution is 2.24. The lowest BCUT2D eigenvalue weighted by molar-refractivity contribution is 0.105. The van der Waals surface area contributed by atoms with Crippen LogP contribution in [0.25, 0.3) is 0 Å². The van der Waals surface area contributed by atoms with Crippen LogP contribution in [-0.4, -0.2) is 51.4 Å². The number of ether oxygens (including phenoxy) is 1. The van der Waals surface area contributed by atoms with Crippen LogP contribution >= 0.6 is 0 Å². The first-order valence-corrected chi connectivity index (χ1v) is 8.94. The van der Waals surface area contributed by atoms with Crippen LogP contribution in [0.5, 0.6) is 0 Å². The molecule has 2 saturated heterocycles. The van der Waals surface area contributed by atoms with Gasteiger partial charge >= 0.3 is 0 Å². The molecule has 1 aromatic rings. The first kappa shape index (κ1) is 17.9. The van der Waals surface area contributed by atoms with Gasteiger partial charge in [-0.2, -0.15) is 0 Å². The van der Waals surface area contributed by atoms with Crippen LogP contribution in [0.1, 0.15) is 25.7 Å². The highest BCUT2D eigenvalue weighted by Gasteiger charge is 2.25. The topological polar surface area (TPSA) is 48.9 Å². The number of halogens is 2. The normalized spacial score (nSPS) is 24.0. The minimum absolute atomic E-state index is 0.179. The Morgan fingerprint density at radius 2 is 2.24 bits per heavy atom. The summed E-state index contributed by atoms with van der Waals surface area (Å²) in [6.07, 6.45) is 4.49. The van der Waals surface area contributed by atoms with Crippen LogP contribution in [0.3, 0.4) is 0 Å². The van der Waals surface area contributed by atoms with Crippen molar-refractivity contribution in [1.29, 1.82) is 0 Å². The van der Waals surface area contributed by atoms with Gasteiger partial charge in [0.25, 0.3) is 0 Å². The van der Waals surface area contributed by atoms with Gasteiger partial charge in [-0.05, 0) is 37.8 Å². The predicted molar refractivity (Wildman–Crippen MR) is 95.1 cm³/mol. The zero-order valence-corrected chi connectivity index (χ0v) is 14.6. The third kappa shape index (κ3) is 4.81. The molecule has 2 N–H and O–H groups in total. The van der Waals surface area contributed by atoms with Crippen molar-refractivity contribution in [3.63, 3.8) is 0 Å². The van der Waals surface area contributed by atoms with Crippen molar-refractivity contribution in [2.75, 3.05) is 38.2 Å². The Morgan fingerprint density at radius 1 is 1.36 bits per heavy atom. The van der Waals surface area contributed by atoms with Crippen LogP contribution in [0, 0.1) is 11.6 Å². The summed E-state index contributed by atoms with van der Waals surface area (Å²) < 4.78 is 32.6. The zero-order chi connectivity index (χ0) is 17.6. The van der Waals surface area contributed by atoms with Gasteiger partial charge in [-0.1, -0.05) is 0 Å². The first-order chi connectivity index (χ1) is 12.2. The fourth-order valence-electron chi connectivity index (χ4n) is 3.45. The Balaban J connectivity index is 1.46. The number of aliphatic imine (C=N–C) groups is 1. The number of guanidine groups is 1. The van der Waals surface area contributed by atoms with Gasteiger partial charge < -0.3 is 20.3 Å². The Morgan fingerprint density at radius 3 is 2.96 bits per heavy atom. The SMILES string of the molecule is CN=C(NCCC1CCCO1)NC1CCN(c2ccc(F)cc2F)C1. The molecule has 5 nitrogen and oxygen atoms in total. The quantitative estimate of drug-likeness (QED) is 0.631. The van der Waals surface area contributed by atoms with Crippen molar-refractivity contribution in [3.8, 4) is 0 Å². The number of nitrogens with one attached hydrogen (secondary N) is 2. The molecule has 0 spiro atoms. The standard InChI is InChI=1S/C18H26F2N4O/c1-21-18(22-8-6-15-3-2-10-25-15)23-14-7-9-24(12-14)17-5-4-13(19)11-16(17)20/h4-5,11,14-15H,2-3,6-10,12H2,1H3,(H2,21,22,23). The monoisotopic (exact) mass is 352 g/mol. The van der Waals surface area contributed by atoms with Gasteiger partial charge in [0.15, 0.2) is 5.96 Å². The number of anilines is 1. The highest BCUT2D eigenvalue weighted by molar-refractivity contribution is 5.80. The molecule has 25 heavy (non-hydrogen) atoms. The molecule has 1 aromatic carbocycles. The van der Waals surface area contributed by atoms with Crippen LogP contribution in [0.2, 0.25) is 0 Å². The lowest BCUT2D eigenvalue weighted by Gasteiger charge is -2.21. The van der Waals surface area contributed by atoms with E-state index in [-0.39, 0.29) is 6.04 Å². The molecule has 138 valence electrons. The van der Waals surface area contributed by atoms with Crippen molar-refractivity contribution in [2.24, 2.45) is 4.99 Å². The van der Waals surface area contributed by atoms with E-state index < -0.39 is 11.6 Å². The number of hydrogen-bond acceptors (Lipinski definition) is 3. The Bertz CT molecular complexity index is 605. The third-order valence-corrected chi connectivity index (χ3v) is 4.79. The summed E-state index contributed by atoms with van der Waals surface area (Å²) >= 11 is 0. The van der Waals surface area contributed by atoms with E-state index in [9.17, 15) is 8.78 Å². The molecule has 0 aliphatic carbocycles. The minimum atomic E-state index is -0.550. The maximum atomic E-state index is 13.9. The fourth-order valence-corrected chi connectivity index (χ4v) is 3.45. The molecule has 0 amide bonds. The molecule has 3 rings (SSSR count). The van der Waals surface area contributed by atoms with Gasteiger partial charge in [0.1, 0.15) is 11.6 Å². The van der Waals surface area contributed by atoms with Crippen LogP contribution in [0.4, 0.5) is 14.5 Å². The molecular formula is C18H26F2N4O. The summed E-state index contributed by atoms with van der Waals surface area (Å²) in [6, 6.07) is 3.91. The summed E-state index contributed by atoms with van der Waals surface area (Å²) in [5.74, 6) is -0.310. The molecule has 2 aliphatic rings. The van der Waals surface area contributed by atoms with Gasteiger partial charge in [0, 0.05) is 45.4 Å². The third-order valence-electron chi connectivity index (χ3n) is 4.79. The van der Waals surface area contributed by atoms with Gasteiger partial charge in [-0.25, -0.2) is 8.78 Å². The van der Waals surface area contributed by atoms with E-state index in [1.54, 1.807) is 7.05 Å². The average Bonchev–Trinajstić information content (AvgIpc) is 3.26. The lowest BCUT2D eigenvalue weighted by atomic mass is 10.2. The van der Waals surface area contributed by atoms with E-state index >= 15 is 0 Å². The molecule has 2 atom stereocenters. The molecule has 2 fully saturated rings. The summed E-state index contributed by atoms with van der Waals surface area (Å²) in [4.78, 5) is 6.19. The van der Waals surface area contributed by atoms with E-state index in [1.807, 2.05) is 4.90 Å². The smallest absolute Gasteiger partial charge is 0.191 e. The molecular weight excluding hydrogens is 326 g/mol. The second kappa shape index (κ2) is 8.47. The molecule has 7 heteroatoms. The molecule has 0 bridgehead atoms. The van der Waals surface area contributed by atoms with Crippen LogP contribution < -0.4 is 15.5 Å². The van der Waals surface area contributed by atoms with Gasteiger partial charge in [0.2, 0.25) is 0 Å². The van der Waals surface area contributed by atoms with E-state index in [0.717, 1.165) is 57.4 Å². The second-order valence-corrected chi connectivity index (χ2v) is 6.59. The summed E-state index contributed by atoms with van der Waals surface area (Å²) in [5.41, 5.74) is 0.451. The Hall–Kier alpha value is -1.89. The van der Waals surface area contributed by atoms with Gasteiger partial charge in [-0.15, -0.1) is 0 Å². The van der Waals surface area contributed by atoms with Crippen LogP contribution in [-0.2, 0) is 4.74 Å². The maximum Gasteiger partial charge on any atom is 0.191 e. The molecule has 2 aliphatic heterocycles. The molecule has 0 saturated carbocycles. The maximum absolute atomic E-state index is 13.9. The van der Waals surface area contributed by atoms with Crippen molar-refractivity contribution in [1.82, 2.24) is 10.6 Å². The van der Waals surface area contributed by atoms with E-state index in [1.165, 1.54) is 12.1 Å². The molecule has 2 heterocycles. The lowest BCUT2D eigenvalue weighted by Crippen LogP contribution is -2.45. The van der Waals surface area contributed by atoms with Crippen molar-refractivity contribution in [2.45, 2.75) is 37.8 Å². The van der Waals surface area contributed by atoms with Crippen molar-refractivity contribution < 1.29 is 13.5 Å². The minimum Gasteiger partial charge on any atom is -0.378 e. The van der Waals surface area contributed by atoms with E-state index in [0.29, 0.717) is 18.3 Å². The Kier molecular flexibility index (Phi) is 6.07. The first-order valence-electron chi connectivity index (χ1n) is 8.94. The van der Waals surface area contributed by atoms with Crippen molar-refractivity contribution in [3.05, 3.63) is 29.8 Å². The molecule has 0 radical (unpaired) electrons. The highest BCUT2D eigenvalue weighted by atomic mass is 19.1. The van der Waals surface area contributed by atoms with Gasteiger partial charge in [-0.3, -0.25) is 4.99 Å². The molecule has 0 aromatic heterocycles. The van der Waals surface area contributed by atoms with Gasteiger partial charge in [0.05, 0.1) is 11.8 Å². The van der Waals surface area contributed by atoms with E-state index in [2.05, 4.69) is 15.6 Å². The average molecular weight is 352 g/mol. The second-order valence-electron chi connectivity index (χ2n) is 6.59. The van der Waals surface area contributed by atoms with Crippen molar-refractivity contribution >= 4 is 11.6 Å². The summed E-state index contributed by atoms with van der Waals surface area (Å²) in [6.45, 7) is 3.07. The largest absolute Gasteiger partial charge is 0.378 e. The summed E-state index contributed by atoms with van der Waals surface area (Å²) in [7, 11) is 1.74. The summed E-state index contributed by atoms with van der Waals surface area (Å²) in [5, 5.41) is 6.69. The van der Waals surface area contributed by atoms with E-state index in [4.69, 9.17) is 4.74 Å².